The first kappa shape index (κ1) is 15.4. The summed E-state index contributed by atoms with van der Waals surface area (Å²) in [6.07, 6.45) is 1.56. The van der Waals surface area contributed by atoms with Gasteiger partial charge in [-0.2, -0.15) is 0 Å². The van der Waals surface area contributed by atoms with Crippen molar-refractivity contribution in [3.63, 3.8) is 0 Å². The van der Waals surface area contributed by atoms with Crippen molar-refractivity contribution in [1.29, 1.82) is 0 Å². The van der Waals surface area contributed by atoms with Crippen LogP contribution < -0.4 is 10.7 Å². The van der Waals surface area contributed by atoms with Crippen molar-refractivity contribution in [1.82, 2.24) is 14.5 Å². The van der Waals surface area contributed by atoms with Crippen LogP contribution in [0.25, 0.3) is 11.0 Å². The van der Waals surface area contributed by atoms with E-state index in [2.05, 4.69) is 15.3 Å². The molecule has 3 heterocycles. The van der Waals surface area contributed by atoms with Gasteiger partial charge in [-0.1, -0.05) is 0 Å². The number of rotatable bonds is 3. The predicted molar refractivity (Wildman–Crippen MR) is 91.2 cm³/mol. The maximum Gasteiger partial charge on any atom is 0.262 e. The van der Waals surface area contributed by atoms with Crippen LogP contribution in [0.3, 0.4) is 0 Å². The number of aromatic nitrogens is 3. The molecule has 0 aliphatic heterocycles. The van der Waals surface area contributed by atoms with Gasteiger partial charge in [-0.15, -0.1) is 11.3 Å². The maximum absolute atomic E-state index is 12.6. The number of aryl methyl sites for hydroxylation is 3. The van der Waals surface area contributed by atoms with Gasteiger partial charge in [0, 0.05) is 23.8 Å². The molecule has 1 N–H and O–H groups in total. The average Bonchev–Trinajstić information content (AvgIpc) is 2.92. The molecule has 0 spiro atoms. The molecule has 0 saturated carbocycles. The van der Waals surface area contributed by atoms with Crippen molar-refractivity contribution < 1.29 is 4.79 Å². The summed E-state index contributed by atoms with van der Waals surface area (Å²) < 4.78 is 1.81. The first-order chi connectivity index (χ1) is 11.0. The van der Waals surface area contributed by atoms with Crippen molar-refractivity contribution in [2.45, 2.75) is 27.3 Å². The Labute approximate surface area is 136 Å². The molecule has 6 nitrogen and oxygen atoms in total. The molecule has 0 aliphatic rings. The third-order valence-corrected chi connectivity index (χ3v) is 4.36. The minimum absolute atomic E-state index is 0.0952. The van der Waals surface area contributed by atoms with Crippen LogP contribution in [0.2, 0.25) is 0 Å². The molecule has 0 bridgehead atoms. The first-order valence-corrected chi connectivity index (χ1v) is 8.12. The van der Waals surface area contributed by atoms with Crippen molar-refractivity contribution >= 4 is 33.4 Å². The zero-order chi connectivity index (χ0) is 16.6. The SMILES string of the molecule is CCn1cc(C(=O)Nc2nc(C)cs2)c(=O)c2ccc(C)nc21. The lowest BCUT2D eigenvalue weighted by Crippen LogP contribution is -2.24. The van der Waals surface area contributed by atoms with E-state index in [1.807, 2.05) is 30.7 Å². The number of carbonyl (C=O) groups excluding carboxylic acids is 1. The van der Waals surface area contributed by atoms with Crippen LogP contribution in [0, 0.1) is 13.8 Å². The number of fused-ring (bicyclic) bond motifs is 1. The molecule has 23 heavy (non-hydrogen) atoms. The van der Waals surface area contributed by atoms with Crippen LogP contribution in [-0.2, 0) is 6.54 Å². The number of carbonyl (C=O) groups is 1. The Morgan fingerprint density at radius 1 is 1.26 bits per heavy atom. The molecule has 7 heteroatoms. The van der Waals surface area contributed by atoms with Crippen LogP contribution in [-0.4, -0.2) is 20.4 Å². The normalized spacial score (nSPS) is 10.9. The molecule has 3 aromatic rings. The maximum atomic E-state index is 12.6. The number of nitrogens with zero attached hydrogens (tertiary/aromatic N) is 3. The zero-order valence-electron chi connectivity index (χ0n) is 13.1. The van der Waals surface area contributed by atoms with Gasteiger partial charge >= 0.3 is 0 Å². The molecule has 0 aromatic carbocycles. The Kier molecular flexibility index (Phi) is 3.96. The highest BCUT2D eigenvalue weighted by molar-refractivity contribution is 7.13. The topological polar surface area (TPSA) is 76.9 Å². The van der Waals surface area contributed by atoms with Gasteiger partial charge in [0.2, 0.25) is 5.43 Å². The molecule has 3 aromatic heterocycles. The van der Waals surface area contributed by atoms with E-state index in [1.165, 1.54) is 11.3 Å². The molecular weight excluding hydrogens is 312 g/mol. The fraction of sp³-hybridized carbons (Fsp3) is 0.250. The van der Waals surface area contributed by atoms with Gasteiger partial charge in [-0.3, -0.25) is 14.9 Å². The Balaban J connectivity index is 2.10. The van der Waals surface area contributed by atoms with Gasteiger partial charge in [-0.25, -0.2) is 9.97 Å². The summed E-state index contributed by atoms with van der Waals surface area (Å²) in [5.41, 5.74) is 2.03. The highest BCUT2D eigenvalue weighted by Gasteiger charge is 2.17. The second kappa shape index (κ2) is 5.92. The molecule has 0 fully saturated rings. The molecule has 0 saturated heterocycles. The third-order valence-electron chi connectivity index (χ3n) is 3.49. The van der Waals surface area contributed by atoms with E-state index in [9.17, 15) is 9.59 Å². The van der Waals surface area contributed by atoms with Crippen molar-refractivity contribution in [3.05, 3.63) is 50.9 Å². The lowest BCUT2D eigenvalue weighted by Gasteiger charge is -2.11. The van der Waals surface area contributed by atoms with E-state index >= 15 is 0 Å². The molecular formula is C16H16N4O2S. The second-order valence-corrected chi connectivity index (χ2v) is 6.09. The summed E-state index contributed by atoms with van der Waals surface area (Å²) in [4.78, 5) is 33.7. The largest absolute Gasteiger partial charge is 0.332 e. The first-order valence-electron chi connectivity index (χ1n) is 7.24. The van der Waals surface area contributed by atoms with Gasteiger partial charge in [0.05, 0.1) is 11.1 Å². The van der Waals surface area contributed by atoms with E-state index in [-0.39, 0.29) is 11.0 Å². The summed E-state index contributed by atoms with van der Waals surface area (Å²) >= 11 is 1.33. The summed E-state index contributed by atoms with van der Waals surface area (Å²) in [5.74, 6) is -0.450. The van der Waals surface area contributed by atoms with Crippen LogP contribution in [0.15, 0.2) is 28.5 Å². The summed E-state index contributed by atoms with van der Waals surface area (Å²) in [6, 6.07) is 3.49. The molecule has 0 unspecified atom stereocenters. The lowest BCUT2D eigenvalue weighted by atomic mass is 10.1. The van der Waals surface area contributed by atoms with Crippen LogP contribution >= 0.6 is 11.3 Å². The third kappa shape index (κ3) is 2.87. The van der Waals surface area contributed by atoms with Gasteiger partial charge in [-0.05, 0) is 32.9 Å². The minimum atomic E-state index is -0.450. The Bertz CT molecular complexity index is 958. The number of nitrogens with one attached hydrogen (secondary N) is 1. The van der Waals surface area contributed by atoms with E-state index in [4.69, 9.17) is 0 Å². The smallest absolute Gasteiger partial charge is 0.262 e. The van der Waals surface area contributed by atoms with Crippen LogP contribution in [0.4, 0.5) is 5.13 Å². The lowest BCUT2D eigenvalue weighted by molar-refractivity contribution is 0.102. The second-order valence-electron chi connectivity index (χ2n) is 5.23. The Morgan fingerprint density at radius 3 is 2.70 bits per heavy atom. The Morgan fingerprint density at radius 2 is 2.04 bits per heavy atom. The Hall–Kier alpha value is -2.54. The molecule has 118 valence electrons. The minimum Gasteiger partial charge on any atom is -0.332 e. The zero-order valence-corrected chi connectivity index (χ0v) is 13.9. The van der Waals surface area contributed by atoms with Crippen molar-refractivity contribution in [2.24, 2.45) is 0 Å². The van der Waals surface area contributed by atoms with Gasteiger partial charge in [0.1, 0.15) is 11.2 Å². The predicted octanol–water partition coefficient (Wildman–Crippen LogP) is 2.74. The summed E-state index contributed by atoms with van der Waals surface area (Å²) in [7, 11) is 0. The van der Waals surface area contributed by atoms with E-state index in [1.54, 1.807) is 18.3 Å². The highest BCUT2D eigenvalue weighted by Crippen LogP contribution is 2.16. The van der Waals surface area contributed by atoms with E-state index in [0.717, 1.165) is 11.4 Å². The van der Waals surface area contributed by atoms with E-state index in [0.29, 0.717) is 22.7 Å². The fourth-order valence-corrected chi connectivity index (χ4v) is 3.02. The quantitative estimate of drug-likeness (QED) is 0.802. The number of pyridine rings is 2. The van der Waals surface area contributed by atoms with E-state index < -0.39 is 5.91 Å². The number of amides is 1. The molecule has 0 atom stereocenters. The van der Waals surface area contributed by atoms with Gasteiger partial charge in [0.25, 0.3) is 5.91 Å². The average molecular weight is 328 g/mol. The highest BCUT2D eigenvalue weighted by atomic mass is 32.1. The van der Waals surface area contributed by atoms with Crippen LogP contribution in [0.5, 0.6) is 0 Å². The monoisotopic (exact) mass is 328 g/mol. The molecule has 0 radical (unpaired) electrons. The molecule has 0 aliphatic carbocycles. The van der Waals surface area contributed by atoms with Crippen LogP contribution in [0.1, 0.15) is 28.7 Å². The number of hydrogen-bond acceptors (Lipinski definition) is 5. The number of thiazole rings is 1. The van der Waals surface area contributed by atoms with Gasteiger partial charge < -0.3 is 4.57 Å². The number of anilines is 1. The standard InChI is InChI=1S/C16H16N4O2S/c1-4-20-7-12(15(22)19-16-18-10(3)8-23-16)13(21)11-6-5-9(2)17-14(11)20/h5-8H,4H2,1-3H3,(H,18,19,22). The number of hydrogen-bond donors (Lipinski definition) is 1. The molecule has 3 rings (SSSR count). The molecule has 1 amide bonds. The summed E-state index contributed by atoms with van der Waals surface area (Å²) in [6.45, 7) is 6.28. The van der Waals surface area contributed by atoms with Crippen molar-refractivity contribution in [2.75, 3.05) is 5.32 Å². The fourth-order valence-electron chi connectivity index (χ4n) is 2.34. The van der Waals surface area contributed by atoms with Crippen molar-refractivity contribution in [3.8, 4) is 0 Å². The van der Waals surface area contributed by atoms with Gasteiger partial charge in [0.15, 0.2) is 5.13 Å². The summed E-state index contributed by atoms with van der Waals surface area (Å²) in [5, 5.41) is 5.45.